The van der Waals surface area contributed by atoms with E-state index in [0.717, 1.165) is 12.8 Å². The van der Waals surface area contributed by atoms with E-state index in [2.05, 4.69) is 10.6 Å². The van der Waals surface area contributed by atoms with Crippen molar-refractivity contribution in [1.82, 2.24) is 10.6 Å². The number of rotatable bonds is 7. The lowest BCUT2D eigenvalue weighted by Crippen LogP contribution is -2.39. The van der Waals surface area contributed by atoms with Gasteiger partial charge in [-0.3, -0.25) is 9.59 Å². The van der Waals surface area contributed by atoms with E-state index >= 15 is 0 Å². The Morgan fingerprint density at radius 2 is 1.79 bits per heavy atom. The van der Waals surface area contributed by atoms with Gasteiger partial charge in [0.05, 0.1) is 0 Å². The minimum atomic E-state index is -0.0194. The highest BCUT2D eigenvalue weighted by molar-refractivity contribution is 5.79. The fraction of sp³-hybridized carbons (Fsp3) is 0.857. The fourth-order valence-corrected chi connectivity index (χ4v) is 2.76. The zero-order chi connectivity index (χ0) is 14.1. The Kier molecular flexibility index (Phi) is 6.84. The molecule has 0 saturated heterocycles. The van der Waals surface area contributed by atoms with Crippen molar-refractivity contribution in [3.05, 3.63) is 0 Å². The first kappa shape index (κ1) is 16.0. The van der Waals surface area contributed by atoms with Gasteiger partial charge in [0.2, 0.25) is 11.8 Å². The van der Waals surface area contributed by atoms with Crippen LogP contribution in [0.25, 0.3) is 0 Å². The predicted octanol–water partition coefficient (Wildman–Crippen LogP) is 0.928. The van der Waals surface area contributed by atoms with Crippen LogP contribution in [0.1, 0.15) is 51.9 Å². The number of nitrogens with two attached hydrogens (primary N) is 1. The Morgan fingerprint density at radius 3 is 2.37 bits per heavy atom. The number of carbonyl (C=O) groups is 2. The average molecular weight is 269 g/mol. The first-order chi connectivity index (χ1) is 9.12. The van der Waals surface area contributed by atoms with Gasteiger partial charge in [-0.1, -0.05) is 19.3 Å². The second-order valence-corrected chi connectivity index (χ2v) is 5.50. The number of nitrogens with one attached hydrogen (secondary N) is 2. The molecule has 1 aliphatic carbocycles. The predicted molar refractivity (Wildman–Crippen MR) is 75.5 cm³/mol. The number of amides is 2. The first-order valence-corrected chi connectivity index (χ1v) is 7.35. The van der Waals surface area contributed by atoms with Crippen molar-refractivity contribution in [1.29, 1.82) is 0 Å². The summed E-state index contributed by atoms with van der Waals surface area (Å²) in [6.07, 6.45) is 6.53. The Hall–Kier alpha value is -1.10. The van der Waals surface area contributed by atoms with Crippen LogP contribution >= 0.6 is 0 Å². The van der Waals surface area contributed by atoms with E-state index in [1.165, 1.54) is 19.3 Å². The molecule has 0 aromatic rings. The molecule has 0 heterocycles. The molecular weight excluding hydrogens is 242 g/mol. The molecule has 0 atom stereocenters. The molecule has 0 spiro atoms. The molecule has 2 amide bonds. The van der Waals surface area contributed by atoms with Crippen LogP contribution in [0.4, 0.5) is 0 Å². The second-order valence-electron chi connectivity index (χ2n) is 5.50. The lowest BCUT2D eigenvalue weighted by Gasteiger charge is -2.35. The van der Waals surface area contributed by atoms with Gasteiger partial charge in [-0.05, 0) is 31.7 Å². The normalized spacial score (nSPS) is 17.8. The summed E-state index contributed by atoms with van der Waals surface area (Å²) >= 11 is 0. The van der Waals surface area contributed by atoms with Crippen LogP contribution in [-0.2, 0) is 9.59 Å². The quantitative estimate of drug-likeness (QED) is 0.643. The van der Waals surface area contributed by atoms with Crippen LogP contribution in [0, 0.1) is 5.41 Å². The van der Waals surface area contributed by atoms with Gasteiger partial charge in [-0.15, -0.1) is 0 Å². The van der Waals surface area contributed by atoms with E-state index in [9.17, 15) is 9.59 Å². The van der Waals surface area contributed by atoms with Gasteiger partial charge >= 0.3 is 0 Å². The zero-order valence-electron chi connectivity index (χ0n) is 12.0. The molecule has 4 N–H and O–H groups in total. The molecule has 5 nitrogen and oxygen atoms in total. The van der Waals surface area contributed by atoms with Gasteiger partial charge in [0.1, 0.15) is 0 Å². The van der Waals surface area contributed by atoms with Crippen molar-refractivity contribution in [2.75, 3.05) is 19.6 Å². The lowest BCUT2D eigenvalue weighted by molar-refractivity contribution is -0.124. The van der Waals surface area contributed by atoms with E-state index in [0.29, 0.717) is 32.5 Å². The Balaban J connectivity index is 2.27. The van der Waals surface area contributed by atoms with Crippen LogP contribution in [0.2, 0.25) is 0 Å². The van der Waals surface area contributed by atoms with E-state index < -0.39 is 0 Å². The summed E-state index contributed by atoms with van der Waals surface area (Å²) in [5.41, 5.74) is 5.85. The molecule has 0 aliphatic heterocycles. The van der Waals surface area contributed by atoms with E-state index in [1.807, 2.05) is 6.92 Å². The van der Waals surface area contributed by atoms with Crippen LogP contribution in [0.5, 0.6) is 0 Å². The van der Waals surface area contributed by atoms with Crippen molar-refractivity contribution in [3.8, 4) is 0 Å². The maximum Gasteiger partial charge on any atom is 0.221 e. The van der Waals surface area contributed by atoms with E-state index in [-0.39, 0.29) is 17.2 Å². The molecule has 0 aromatic carbocycles. The van der Waals surface area contributed by atoms with E-state index in [1.54, 1.807) is 0 Å². The molecular formula is C14H27N3O2. The molecule has 0 unspecified atom stereocenters. The molecule has 5 heteroatoms. The third-order valence-electron chi connectivity index (χ3n) is 3.93. The topological polar surface area (TPSA) is 84.2 Å². The van der Waals surface area contributed by atoms with Gasteiger partial charge in [0.25, 0.3) is 0 Å². The molecule has 19 heavy (non-hydrogen) atoms. The Morgan fingerprint density at radius 1 is 1.11 bits per heavy atom. The maximum absolute atomic E-state index is 11.9. The third kappa shape index (κ3) is 5.59. The minimum absolute atomic E-state index is 0.00594. The zero-order valence-corrected chi connectivity index (χ0v) is 12.0. The highest BCUT2D eigenvalue weighted by Crippen LogP contribution is 2.38. The molecule has 0 radical (unpaired) electrons. The summed E-state index contributed by atoms with van der Waals surface area (Å²) in [7, 11) is 0. The largest absolute Gasteiger partial charge is 0.356 e. The smallest absolute Gasteiger partial charge is 0.221 e. The molecule has 1 rings (SSSR count). The Labute approximate surface area is 115 Å². The van der Waals surface area contributed by atoms with Crippen LogP contribution in [-0.4, -0.2) is 31.4 Å². The lowest BCUT2D eigenvalue weighted by atomic mass is 9.71. The van der Waals surface area contributed by atoms with Crippen molar-refractivity contribution < 1.29 is 9.59 Å². The molecule has 1 fully saturated rings. The fourth-order valence-electron chi connectivity index (χ4n) is 2.76. The summed E-state index contributed by atoms with van der Waals surface area (Å²) in [5.74, 6) is 0.00523. The van der Waals surface area contributed by atoms with Crippen LogP contribution < -0.4 is 16.4 Å². The minimum Gasteiger partial charge on any atom is -0.356 e. The Bertz CT molecular complexity index is 299. The monoisotopic (exact) mass is 269 g/mol. The van der Waals surface area contributed by atoms with Crippen molar-refractivity contribution >= 4 is 11.8 Å². The summed E-state index contributed by atoms with van der Waals surface area (Å²) in [6.45, 7) is 3.50. The molecule has 0 bridgehead atoms. The maximum atomic E-state index is 11.9. The highest BCUT2D eigenvalue weighted by atomic mass is 16.2. The molecule has 1 aliphatic rings. The van der Waals surface area contributed by atoms with Gasteiger partial charge in [0, 0.05) is 25.9 Å². The van der Waals surface area contributed by atoms with Gasteiger partial charge in [-0.2, -0.15) is 0 Å². The number of carbonyl (C=O) groups excluding carboxylic acids is 2. The second kappa shape index (κ2) is 8.15. The van der Waals surface area contributed by atoms with Gasteiger partial charge < -0.3 is 16.4 Å². The number of hydrogen-bond donors (Lipinski definition) is 3. The summed E-state index contributed by atoms with van der Waals surface area (Å²) < 4.78 is 0. The highest BCUT2D eigenvalue weighted by Gasteiger charge is 2.32. The van der Waals surface area contributed by atoms with Gasteiger partial charge in [-0.25, -0.2) is 0 Å². The van der Waals surface area contributed by atoms with Crippen LogP contribution in [0.3, 0.4) is 0 Å². The van der Waals surface area contributed by atoms with E-state index in [4.69, 9.17) is 5.73 Å². The van der Waals surface area contributed by atoms with Gasteiger partial charge in [0.15, 0.2) is 0 Å². The van der Waals surface area contributed by atoms with Crippen molar-refractivity contribution in [3.63, 3.8) is 0 Å². The molecule has 0 aromatic heterocycles. The molecule has 1 saturated carbocycles. The SMILES string of the molecule is CCNC(=O)CCNC(=O)CC1(CN)CCCCC1. The van der Waals surface area contributed by atoms with Crippen molar-refractivity contribution in [2.45, 2.75) is 51.9 Å². The first-order valence-electron chi connectivity index (χ1n) is 7.35. The van der Waals surface area contributed by atoms with Crippen LogP contribution in [0.15, 0.2) is 0 Å². The average Bonchev–Trinajstić information content (AvgIpc) is 2.40. The third-order valence-corrected chi connectivity index (χ3v) is 3.93. The summed E-state index contributed by atoms with van der Waals surface area (Å²) in [5, 5.41) is 5.53. The summed E-state index contributed by atoms with van der Waals surface area (Å²) in [4.78, 5) is 23.2. The summed E-state index contributed by atoms with van der Waals surface area (Å²) in [6, 6.07) is 0. The number of hydrogen-bond acceptors (Lipinski definition) is 3. The standard InChI is InChI=1S/C14H27N3O2/c1-2-16-12(18)6-9-17-13(19)10-14(11-15)7-4-3-5-8-14/h2-11,15H2,1H3,(H,16,18)(H,17,19). The molecule has 110 valence electrons. The van der Waals surface area contributed by atoms with Crippen molar-refractivity contribution in [2.24, 2.45) is 11.1 Å².